The SMILES string of the molecule is C=C(Nc1ccc(F)c(F)c1)c1c(C)c(C(=O)C(=O)NCc2cn(CCCCCCCCCCn3cc(CNC(=O)C(=O)c4c(C)c(C(=O)Nc5ccc(F)c(F)c5)n(C)c4C)nn3)nn2)c(C)n1C. The monoisotopic (exact) mass is 968 g/mol. The van der Waals surface area contributed by atoms with Crippen LogP contribution in [0.4, 0.5) is 28.9 Å². The molecule has 3 amide bonds. The molecule has 0 bridgehead atoms. The van der Waals surface area contributed by atoms with Gasteiger partial charge in [0.05, 0.1) is 48.0 Å². The van der Waals surface area contributed by atoms with E-state index in [9.17, 15) is 41.5 Å². The highest BCUT2D eigenvalue weighted by molar-refractivity contribution is 6.44. The number of carbonyl (C=O) groups excluding carboxylic acids is 5. The van der Waals surface area contributed by atoms with E-state index in [1.807, 2.05) is 0 Å². The molecule has 6 rings (SSSR count). The molecule has 0 aliphatic carbocycles. The van der Waals surface area contributed by atoms with E-state index in [1.165, 1.54) is 23.6 Å². The van der Waals surface area contributed by atoms with Gasteiger partial charge in [0.15, 0.2) is 23.3 Å². The number of amides is 3. The first kappa shape index (κ1) is 51.7. The minimum Gasteiger partial charge on any atom is -0.354 e. The van der Waals surface area contributed by atoms with Crippen LogP contribution in [0.25, 0.3) is 5.70 Å². The van der Waals surface area contributed by atoms with E-state index in [4.69, 9.17) is 0 Å². The summed E-state index contributed by atoms with van der Waals surface area (Å²) >= 11 is 0. The topological polar surface area (TPSA) is 205 Å². The molecule has 0 spiro atoms. The van der Waals surface area contributed by atoms with Gasteiger partial charge in [-0.2, -0.15) is 0 Å². The molecule has 0 aliphatic heterocycles. The number of unbranched alkanes of at least 4 members (excludes halogenated alkanes) is 7. The molecule has 21 heteroatoms. The van der Waals surface area contributed by atoms with Crippen LogP contribution in [-0.2, 0) is 49.9 Å². The standard InChI is InChI=1S/C49H56F4N12O5/c1-28-41(31(4)62(6)43(28)30(3)56-33-16-18-37(50)39(52)22-33)45(66)48(69)54-24-35-26-64(60-58-35)20-14-12-10-8-9-11-13-15-21-65-27-36(59-61-65)25-55-49(70)46(67)42-29(2)44(63(7)32(42)5)47(68)57-34-17-19-38(51)40(53)23-34/h16-19,22-23,26-27,56H,3,8-15,20-21,24-25H2,1-2,4-7H3,(H,54,69)(H,55,70)(H,57,68). The molecule has 2 aromatic carbocycles. The fourth-order valence-electron chi connectivity index (χ4n) is 8.34. The number of nitrogens with zero attached hydrogens (tertiary/aromatic N) is 8. The number of ketones is 2. The van der Waals surface area contributed by atoms with Crippen molar-refractivity contribution in [2.75, 3.05) is 10.6 Å². The Morgan fingerprint density at radius 1 is 0.557 bits per heavy atom. The van der Waals surface area contributed by atoms with E-state index >= 15 is 0 Å². The molecule has 0 saturated carbocycles. The van der Waals surface area contributed by atoms with E-state index in [2.05, 4.69) is 48.5 Å². The molecule has 17 nitrogen and oxygen atoms in total. The predicted octanol–water partition coefficient (Wildman–Crippen LogP) is 7.49. The van der Waals surface area contributed by atoms with Crippen molar-refractivity contribution in [3.8, 4) is 0 Å². The largest absolute Gasteiger partial charge is 0.354 e. The van der Waals surface area contributed by atoms with Gasteiger partial charge in [-0.3, -0.25) is 33.3 Å². The molecule has 70 heavy (non-hydrogen) atoms. The van der Waals surface area contributed by atoms with Crippen LogP contribution < -0.4 is 21.3 Å². The van der Waals surface area contributed by atoms with Gasteiger partial charge in [-0.1, -0.05) is 55.5 Å². The number of hydrogen-bond donors (Lipinski definition) is 4. The maximum absolute atomic E-state index is 13.8. The molecule has 6 aromatic rings. The van der Waals surface area contributed by atoms with Crippen LogP contribution in [-0.4, -0.2) is 68.4 Å². The summed E-state index contributed by atoms with van der Waals surface area (Å²) in [6.07, 6.45) is 11.6. The number of rotatable bonds is 24. The van der Waals surface area contributed by atoms with Gasteiger partial charge >= 0.3 is 0 Å². The van der Waals surface area contributed by atoms with Crippen molar-refractivity contribution < 1.29 is 41.5 Å². The number of aryl methyl sites for hydroxylation is 2. The van der Waals surface area contributed by atoms with Crippen molar-refractivity contribution in [2.45, 2.75) is 105 Å². The Morgan fingerprint density at radius 2 is 0.957 bits per heavy atom. The molecule has 0 saturated heterocycles. The minimum absolute atomic E-state index is 0.0158. The van der Waals surface area contributed by atoms with Crippen molar-refractivity contribution in [3.05, 3.63) is 135 Å². The lowest BCUT2D eigenvalue weighted by Gasteiger charge is -2.13. The van der Waals surface area contributed by atoms with Gasteiger partial charge in [0, 0.05) is 62.1 Å². The molecule has 370 valence electrons. The van der Waals surface area contributed by atoms with Crippen LogP contribution in [0.5, 0.6) is 0 Å². The predicted molar refractivity (Wildman–Crippen MR) is 252 cm³/mol. The summed E-state index contributed by atoms with van der Waals surface area (Å²) in [6, 6.07) is 6.32. The lowest BCUT2D eigenvalue weighted by Crippen LogP contribution is -2.31. The third-order valence-electron chi connectivity index (χ3n) is 12.2. The summed E-state index contributed by atoms with van der Waals surface area (Å²) in [5, 5.41) is 27.2. The van der Waals surface area contributed by atoms with Gasteiger partial charge in [-0.25, -0.2) is 17.6 Å². The number of aromatic nitrogens is 8. The Kier molecular flexibility index (Phi) is 17.0. The number of carbonyl (C=O) groups is 5. The summed E-state index contributed by atoms with van der Waals surface area (Å²) in [6.45, 7) is 11.8. The molecule has 0 atom stereocenters. The Balaban J connectivity index is 0.830. The second-order valence-corrected chi connectivity index (χ2v) is 17.1. The van der Waals surface area contributed by atoms with Gasteiger partial charge in [0.25, 0.3) is 29.3 Å². The van der Waals surface area contributed by atoms with Crippen LogP contribution in [0.2, 0.25) is 0 Å². The van der Waals surface area contributed by atoms with E-state index < -0.39 is 52.6 Å². The zero-order valence-corrected chi connectivity index (χ0v) is 39.9. The summed E-state index contributed by atoms with van der Waals surface area (Å²) in [5.74, 6) is -8.07. The molecule has 0 radical (unpaired) electrons. The number of halogens is 4. The summed E-state index contributed by atoms with van der Waals surface area (Å²) in [7, 11) is 3.29. The average Bonchev–Trinajstić information content (AvgIpc) is 4.08. The van der Waals surface area contributed by atoms with Crippen molar-refractivity contribution in [1.82, 2.24) is 49.8 Å². The number of nitrogens with one attached hydrogen (secondary N) is 4. The Bertz CT molecular complexity index is 2750. The summed E-state index contributed by atoms with van der Waals surface area (Å²) < 4.78 is 60.8. The van der Waals surface area contributed by atoms with Crippen LogP contribution >= 0.6 is 0 Å². The number of anilines is 2. The van der Waals surface area contributed by atoms with Gasteiger partial charge in [-0.05, 0) is 75.9 Å². The fourth-order valence-corrected chi connectivity index (χ4v) is 8.34. The second-order valence-electron chi connectivity index (χ2n) is 17.1. The third-order valence-corrected chi connectivity index (χ3v) is 12.2. The maximum Gasteiger partial charge on any atom is 0.292 e. The van der Waals surface area contributed by atoms with Gasteiger partial charge in [0.1, 0.15) is 17.1 Å². The third kappa shape index (κ3) is 12.3. The Labute approximate surface area is 401 Å². The molecular formula is C49H56F4N12O5. The quantitative estimate of drug-likeness (QED) is 0.0204. The smallest absolute Gasteiger partial charge is 0.292 e. The van der Waals surface area contributed by atoms with Crippen molar-refractivity contribution in [3.63, 3.8) is 0 Å². The normalized spacial score (nSPS) is 11.2. The Hall–Kier alpha value is -7.71. The second kappa shape index (κ2) is 23.1. The molecule has 4 aromatic heterocycles. The molecule has 4 N–H and O–H groups in total. The van der Waals surface area contributed by atoms with E-state index in [0.717, 1.165) is 75.6 Å². The van der Waals surface area contributed by atoms with Crippen LogP contribution in [0.3, 0.4) is 0 Å². The number of Topliss-reactive ketones (excluding diaryl/α,β-unsaturated/α-hetero) is 2. The van der Waals surface area contributed by atoms with Crippen molar-refractivity contribution in [1.29, 1.82) is 0 Å². The lowest BCUT2D eigenvalue weighted by atomic mass is 10.0. The van der Waals surface area contributed by atoms with Crippen molar-refractivity contribution >= 4 is 46.4 Å². The fraction of sp³-hybridized carbons (Fsp3) is 0.367. The number of benzene rings is 2. The zero-order valence-electron chi connectivity index (χ0n) is 39.9. The first-order valence-corrected chi connectivity index (χ1v) is 22.8. The van der Waals surface area contributed by atoms with Crippen LogP contribution in [0.1, 0.15) is 122 Å². The molecule has 0 unspecified atom stereocenters. The van der Waals surface area contributed by atoms with Gasteiger partial charge < -0.3 is 30.4 Å². The first-order valence-electron chi connectivity index (χ1n) is 22.8. The molecular weight excluding hydrogens is 913 g/mol. The van der Waals surface area contributed by atoms with Gasteiger partial charge in [-0.15, -0.1) is 10.2 Å². The highest BCUT2D eigenvalue weighted by Crippen LogP contribution is 2.29. The molecule has 0 aliphatic rings. The van der Waals surface area contributed by atoms with Gasteiger partial charge in [0.2, 0.25) is 0 Å². The minimum atomic E-state index is -1.12. The highest BCUT2D eigenvalue weighted by Gasteiger charge is 2.30. The molecule has 0 fully saturated rings. The van der Waals surface area contributed by atoms with E-state index in [1.54, 1.807) is 61.2 Å². The number of hydrogen-bond acceptors (Lipinski definition) is 10. The van der Waals surface area contributed by atoms with E-state index in [0.29, 0.717) is 52.8 Å². The van der Waals surface area contributed by atoms with Crippen molar-refractivity contribution in [2.24, 2.45) is 14.1 Å². The van der Waals surface area contributed by atoms with Crippen LogP contribution in [0, 0.1) is 51.0 Å². The molecule has 4 heterocycles. The highest BCUT2D eigenvalue weighted by atomic mass is 19.2. The Morgan fingerprint density at radius 3 is 1.40 bits per heavy atom. The summed E-state index contributed by atoms with van der Waals surface area (Å²) in [5.41, 5.74) is 4.24. The average molecular weight is 969 g/mol. The maximum atomic E-state index is 13.8. The first-order chi connectivity index (χ1) is 33.4. The van der Waals surface area contributed by atoms with Crippen LogP contribution in [0.15, 0.2) is 55.4 Å². The van der Waals surface area contributed by atoms with E-state index in [-0.39, 0.29) is 46.8 Å². The summed E-state index contributed by atoms with van der Waals surface area (Å²) in [4.78, 5) is 65.5. The zero-order chi connectivity index (χ0) is 50.8. The lowest BCUT2D eigenvalue weighted by molar-refractivity contribution is -0.117.